The Morgan fingerprint density at radius 3 is 2.48 bits per heavy atom. The van der Waals surface area contributed by atoms with Gasteiger partial charge < -0.3 is 15.4 Å². The molecule has 0 atom stereocenters. The van der Waals surface area contributed by atoms with E-state index in [-0.39, 0.29) is 17.5 Å². The number of benzene rings is 1. The van der Waals surface area contributed by atoms with Gasteiger partial charge >= 0.3 is 6.03 Å². The Hall–Kier alpha value is -1.71. The monoisotopic (exact) mass is 292 g/mol. The van der Waals surface area contributed by atoms with Gasteiger partial charge in [0.15, 0.2) is 0 Å². The smallest absolute Gasteiger partial charge is 0.314 e. The lowest BCUT2D eigenvalue weighted by Gasteiger charge is -2.23. The molecule has 0 bridgehead atoms. The Kier molecular flexibility index (Phi) is 6.06. The van der Waals surface area contributed by atoms with Gasteiger partial charge in [0, 0.05) is 12.6 Å². The highest BCUT2D eigenvalue weighted by molar-refractivity contribution is 5.74. The standard InChI is InChI=1S/C17H28N2O2/c1-12(2)19-16(20)18-10-9-13-7-8-15(21-6)14(11-13)17(3,4)5/h7-8,11-12H,9-10H2,1-6H3,(H2,18,19,20). The fraction of sp³-hybridized carbons (Fsp3) is 0.588. The summed E-state index contributed by atoms with van der Waals surface area (Å²) in [6, 6.07) is 6.26. The molecule has 0 unspecified atom stereocenters. The Morgan fingerprint density at radius 1 is 1.29 bits per heavy atom. The number of carbonyl (C=O) groups is 1. The molecule has 2 amide bonds. The molecule has 0 fully saturated rings. The maximum atomic E-state index is 11.5. The molecule has 0 aliphatic heterocycles. The maximum absolute atomic E-state index is 11.5. The number of carbonyl (C=O) groups excluding carboxylic acids is 1. The molecule has 2 N–H and O–H groups in total. The molecule has 0 heterocycles. The van der Waals surface area contributed by atoms with Gasteiger partial charge in [0.25, 0.3) is 0 Å². The van der Waals surface area contributed by atoms with E-state index in [2.05, 4.69) is 43.5 Å². The van der Waals surface area contributed by atoms with Crippen molar-refractivity contribution in [3.8, 4) is 5.75 Å². The molecule has 4 heteroatoms. The van der Waals surface area contributed by atoms with Crippen molar-refractivity contribution < 1.29 is 9.53 Å². The van der Waals surface area contributed by atoms with Crippen LogP contribution in [0.5, 0.6) is 5.75 Å². The van der Waals surface area contributed by atoms with Gasteiger partial charge in [-0.2, -0.15) is 0 Å². The van der Waals surface area contributed by atoms with Crippen molar-refractivity contribution in [1.29, 1.82) is 0 Å². The van der Waals surface area contributed by atoms with Crippen molar-refractivity contribution in [2.75, 3.05) is 13.7 Å². The zero-order chi connectivity index (χ0) is 16.0. The van der Waals surface area contributed by atoms with Gasteiger partial charge in [0.05, 0.1) is 7.11 Å². The molecule has 4 nitrogen and oxygen atoms in total. The number of rotatable bonds is 5. The first-order valence-corrected chi connectivity index (χ1v) is 7.46. The minimum atomic E-state index is -0.116. The van der Waals surface area contributed by atoms with Gasteiger partial charge in [-0.05, 0) is 42.9 Å². The van der Waals surface area contributed by atoms with Crippen LogP contribution < -0.4 is 15.4 Å². The molecule has 0 aromatic heterocycles. The molecular weight excluding hydrogens is 264 g/mol. The number of ether oxygens (including phenoxy) is 1. The van der Waals surface area contributed by atoms with Crippen LogP contribution in [0, 0.1) is 0 Å². The summed E-state index contributed by atoms with van der Waals surface area (Å²) < 4.78 is 5.43. The number of hydrogen-bond donors (Lipinski definition) is 2. The van der Waals surface area contributed by atoms with Gasteiger partial charge in [0.1, 0.15) is 5.75 Å². The summed E-state index contributed by atoms with van der Waals surface area (Å²) >= 11 is 0. The van der Waals surface area contributed by atoms with Crippen LogP contribution in [-0.4, -0.2) is 25.7 Å². The molecule has 1 aromatic rings. The van der Waals surface area contributed by atoms with Gasteiger partial charge in [0.2, 0.25) is 0 Å². The molecule has 0 spiro atoms. The quantitative estimate of drug-likeness (QED) is 0.875. The highest BCUT2D eigenvalue weighted by Crippen LogP contribution is 2.32. The van der Waals surface area contributed by atoms with Crippen LogP contribution in [0.2, 0.25) is 0 Å². The third kappa shape index (κ3) is 5.66. The minimum absolute atomic E-state index is 0.0315. The van der Waals surface area contributed by atoms with Crippen LogP contribution in [0.15, 0.2) is 18.2 Å². The minimum Gasteiger partial charge on any atom is -0.496 e. The van der Waals surface area contributed by atoms with Crippen LogP contribution in [0.1, 0.15) is 45.7 Å². The van der Waals surface area contributed by atoms with Gasteiger partial charge in [-0.3, -0.25) is 0 Å². The van der Waals surface area contributed by atoms with Crippen LogP contribution >= 0.6 is 0 Å². The summed E-state index contributed by atoms with van der Waals surface area (Å²) in [7, 11) is 1.70. The molecule has 1 rings (SSSR count). The largest absolute Gasteiger partial charge is 0.496 e. The normalized spacial score (nSPS) is 11.4. The zero-order valence-electron chi connectivity index (χ0n) is 14.0. The highest BCUT2D eigenvalue weighted by atomic mass is 16.5. The SMILES string of the molecule is COc1ccc(CCNC(=O)NC(C)C)cc1C(C)(C)C. The number of nitrogens with one attached hydrogen (secondary N) is 2. The van der Waals surface area contributed by atoms with E-state index in [0.29, 0.717) is 6.54 Å². The van der Waals surface area contributed by atoms with E-state index in [9.17, 15) is 4.79 Å². The number of amides is 2. The first-order chi connectivity index (χ1) is 9.74. The van der Waals surface area contributed by atoms with Crippen molar-refractivity contribution in [3.05, 3.63) is 29.3 Å². The van der Waals surface area contributed by atoms with Crippen molar-refractivity contribution in [2.45, 2.75) is 52.5 Å². The van der Waals surface area contributed by atoms with Crippen LogP contribution in [0.3, 0.4) is 0 Å². The number of methoxy groups -OCH3 is 1. The average molecular weight is 292 g/mol. The second-order valence-electron chi connectivity index (χ2n) is 6.59. The lowest BCUT2D eigenvalue weighted by atomic mass is 9.85. The summed E-state index contributed by atoms with van der Waals surface area (Å²) in [4.78, 5) is 11.5. The van der Waals surface area contributed by atoms with Crippen LogP contribution in [0.25, 0.3) is 0 Å². The third-order valence-corrected chi connectivity index (χ3v) is 3.19. The molecular formula is C17H28N2O2. The van der Waals surface area contributed by atoms with Gasteiger partial charge in [-0.25, -0.2) is 4.79 Å². The van der Waals surface area contributed by atoms with Crippen LogP contribution in [-0.2, 0) is 11.8 Å². The van der Waals surface area contributed by atoms with Crippen molar-refractivity contribution in [1.82, 2.24) is 10.6 Å². The predicted molar refractivity (Wildman–Crippen MR) is 87.1 cm³/mol. The van der Waals surface area contributed by atoms with E-state index < -0.39 is 0 Å². The molecule has 0 aliphatic rings. The lowest BCUT2D eigenvalue weighted by Crippen LogP contribution is -2.40. The molecule has 0 saturated carbocycles. The zero-order valence-corrected chi connectivity index (χ0v) is 14.0. The maximum Gasteiger partial charge on any atom is 0.314 e. The number of hydrogen-bond acceptors (Lipinski definition) is 2. The van der Waals surface area contributed by atoms with Gasteiger partial charge in [-0.15, -0.1) is 0 Å². The molecule has 118 valence electrons. The molecule has 0 aliphatic carbocycles. The van der Waals surface area contributed by atoms with Crippen molar-refractivity contribution >= 4 is 6.03 Å². The fourth-order valence-electron chi connectivity index (χ4n) is 2.13. The topological polar surface area (TPSA) is 50.4 Å². The Labute approximate surface area is 128 Å². The summed E-state index contributed by atoms with van der Waals surface area (Å²) in [6.07, 6.45) is 0.804. The van der Waals surface area contributed by atoms with E-state index in [4.69, 9.17) is 4.74 Å². The lowest BCUT2D eigenvalue weighted by molar-refractivity contribution is 0.238. The summed E-state index contributed by atoms with van der Waals surface area (Å²) in [5.41, 5.74) is 2.42. The van der Waals surface area contributed by atoms with E-state index in [1.54, 1.807) is 7.11 Å². The summed E-state index contributed by atoms with van der Waals surface area (Å²) in [5, 5.41) is 5.68. The van der Waals surface area contributed by atoms with Gasteiger partial charge in [-0.1, -0.05) is 32.9 Å². The summed E-state index contributed by atoms with van der Waals surface area (Å²) in [6.45, 7) is 11.0. The van der Waals surface area contributed by atoms with E-state index in [1.165, 1.54) is 11.1 Å². The number of urea groups is 1. The van der Waals surface area contributed by atoms with E-state index in [0.717, 1.165) is 12.2 Å². The summed E-state index contributed by atoms with van der Waals surface area (Å²) in [5.74, 6) is 0.914. The fourth-order valence-corrected chi connectivity index (χ4v) is 2.13. The first kappa shape index (κ1) is 17.3. The Morgan fingerprint density at radius 2 is 1.95 bits per heavy atom. The van der Waals surface area contributed by atoms with Crippen molar-refractivity contribution in [2.24, 2.45) is 0 Å². The third-order valence-electron chi connectivity index (χ3n) is 3.19. The molecule has 21 heavy (non-hydrogen) atoms. The molecule has 0 radical (unpaired) electrons. The highest BCUT2D eigenvalue weighted by Gasteiger charge is 2.19. The molecule has 1 aromatic carbocycles. The average Bonchev–Trinajstić information content (AvgIpc) is 2.36. The van der Waals surface area contributed by atoms with E-state index >= 15 is 0 Å². The van der Waals surface area contributed by atoms with Crippen LogP contribution in [0.4, 0.5) is 4.79 Å². The Balaban J connectivity index is 2.67. The Bertz CT molecular complexity index is 476. The predicted octanol–water partition coefficient (Wildman–Crippen LogP) is 3.24. The first-order valence-electron chi connectivity index (χ1n) is 7.46. The van der Waals surface area contributed by atoms with Crippen molar-refractivity contribution in [3.63, 3.8) is 0 Å². The second-order valence-corrected chi connectivity index (χ2v) is 6.59. The second kappa shape index (κ2) is 7.34. The molecule has 0 saturated heterocycles. The van der Waals surface area contributed by atoms with E-state index in [1.807, 2.05) is 19.9 Å².